The molecule has 0 aliphatic rings. The topological polar surface area (TPSA) is 110 Å². The van der Waals surface area contributed by atoms with Crippen molar-refractivity contribution in [2.75, 3.05) is 6.54 Å². The van der Waals surface area contributed by atoms with Crippen LogP contribution in [0.5, 0.6) is 0 Å². The van der Waals surface area contributed by atoms with Crippen molar-refractivity contribution < 1.29 is 4.79 Å². The van der Waals surface area contributed by atoms with Gasteiger partial charge in [0.2, 0.25) is 0 Å². The molecule has 0 saturated heterocycles. The molecule has 0 bridgehead atoms. The van der Waals surface area contributed by atoms with Gasteiger partial charge in [-0.1, -0.05) is 12.1 Å². The number of hydrazine groups is 1. The minimum atomic E-state index is 0.299. The fourth-order valence-corrected chi connectivity index (χ4v) is 2.35. The molecule has 1 aromatic carbocycles. The lowest BCUT2D eigenvalue weighted by molar-refractivity contribution is -0.106. The molecule has 1 aromatic heterocycles. The highest BCUT2D eigenvalue weighted by Gasteiger charge is 2.03. The lowest BCUT2D eigenvalue weighted by Crippen LogP contribution is -2.29. The van der Waals surface area contributed by atoms with Crippen molar-refractivity contribution in [3.8, 4) is 0 Å². The Morgan fingerprint density at radius 3 is 2.61 bits per heavy atom. The number of rotatable bonds is 8. The zero-order valence-corrected chi connectivity index (χ0v) is 13.2. The molecule has 2 aromatic rings. The van der Waals surface area contributed by atoms with E-state index in [1.54, 1.807) is 12.4 Å². The Balaban J connectivity index is 1.95. The van der Waals surface area contributed by atoms with E-state index in [4.69, 9.17) is 11.6 Å². The molecule has 120 valence electrons. The van der Waals surface area contributed by atoms with E-state index < -0.39 is 0 Å². The van der Waals surface area contributed by atoms with E-state index in [0.29, 0.717) is 18.9 Å². The first-order valence-corrected chi connectivity index (χ1v) is 7.69. The number of aromatic nitrogens is 1. The highest BCUT2D eigenvalue weighted by molar-refractivity contribution is 7.97. The van der Waals surface area contributed by atoms with E-state index in [-0.39, 0.29) is 0 Å². The quantitative estimate of drug-likeness (QED) is 0.125. The maximum atomic E-state index is 10.2. The van der Waals surface area contributed by atoms with Crippen molar-refractivity contribution in [2.24, 2.45) is 16.7 Å². The van der Waals surface area contributed by atoms with Crippen LogP contribution in [-0.4, -0.2) is 28.8 Å². The van der Waals surface area contributed by atoms with E-state index in [0.717, 1.165) is 22.3 Å². The second-order valence-corrected chi connectivity index (χ2v) is 5.54. The summed E-state index contributed by atoms with van der Waals surface area (Å²) in [5, 5.41) is 5.45. The van der Waals surface area contributed by atoms with Crippen molar-refractivity contribution in [3.63, 3.8) is 0 Å². The van der Waals surface area contributed by atoms with E-state index >= 15 is 0 Å². The van der Waals surface area contributed by atoms with Crippen LogP contribution >= 0.6 is 11.9 Å². The summed E-state index contributed by atoms with van der Waals surface area (Å²) in [7, 11) is 0. The van der Waals surface area contributed by atoms with Crippen LogP contribution in [0.25, 0.3) is 0 Å². The molecule has 1 heterocycles. The fraction of sp³-hybridized carbons (Fsp3) is 0.133. The summed E-state index contributed by atoms with van der Waals surface area (Å²) in [5.74, 6) is 6.19. The molecule has 8 heteroatoms. The molecule has 2 rings (SSSR count). The maximum absolute atomic E-state index is 10.2. The first kappa shape index (κ1) is 16.9. The molecule has 0 fully saturated rings. The number of hydrazone groups is 1. The number of hydrogen-bond acceptors (Lipinski definition) is 7. The normalized spacial score (nSPS) is 11.3. The molecular weight excluding hydrogens is 312 g/mol. The van der Waals surface area contributed by atoms with E-state index in [2.05, 4.69) is 14.8 Å². The molecule has 0 aliphatic heterocycles. The second-order valence-electron chi connectivity index (χ2n) is 4.58. The summed E-state index contributed by atoms with van der Waals surface area (Å²) in [4.78, 5) is 15.2. The summed E-state index contributed by atoms with van der Waals surface area (Å²) in [6, 6.07) is 11.2. The number of nitrogens with one attached hydrogen (secondary N) is 1. The van der Waals surface area contributed by atoms with Gasteiger partial charge < -0.3 is 10.5 Å². The van der Waals surface area contributed by atoms with Crippen LogP contribution in [0.15, 0.2) is 58.8 Å². The summed E-state index contributed by atoms with van der Waals surface area (Å²) in [6.07, 6.45) is 4.21. The van der Waals surface area contributed by atoms with Crippen LogP contribution < -0.4 is 16.3 Å². The molecule has 0 saturated carbocycles. The molecule has 5 N–H and O–H groups in total. The number of pyridine rings is 1. The van der Waals surface area contributed by atoms with Gasteiger partial charge >= 0.3 is 0 Å². The first-order chi connectivity index (χ1) is 11.2. The standard InChI is InChI=1S/C15H18N6OS/c16-15(20-21(17)11-12-5-7-18-8-6-12)13-1-3-14(4-2-13)23-19-9-10-22/h1-8,10,19H,9,11,17H2,(H2,16,20). The van der Waals surface area contributed by atoms with Gasteiger partial charge in [0.1, 0.15) is 6.29 Å². The van der Waals surface area contributed by atoms with Crippen molar-refractivity contribution in [1.82, 2.24) is 14.8 Å². The van der Waals surface area contributed by atoms with Crippen molar-refractivity contribution >= 4 is 24.1 Å². The number of amidine groups is 1. The third kappa shape index (κ3) is 5.70. The number of nitrogens with zero attached hydrogens (tertiary/aromatic N) is 3. The van der Waals surface area contributed by atoms with Gasteiger partial charge in [-0.15, -0.1) is 5.10 Å². The van der Waals surface area contributed by atoms with Crippen molar-refractivity contribution in [3.05, 3.63) is 59.9 Å². The average Bonchev–Trinajstić information content (AvgIpc) is 2.56. The SMILES string of the molecule is N/C(=N\N(N)Cc1ccncc1)c1ccc(SNCC=O)cc1. The summed E-state index contributed by atoms with van der Waals surface area (Å²) in [5.41, 5.74) is 7.73. The second kappa shape index (κ2) is 8.89. The molecule has 0 atom stereocenters. The number of carbonyl (C=O) groups is 1. The van der Waals surface area contributed by atoms with Gasteiger partial charge in [-0.05, 0) is 41.8 Å². The Kier molecular flexibility index (Phi) is 6.55. The van der Waals surface area contributed by atoms with Gasteiger partial charge in [0.05, 0.1) is 13.1 Å². The number of aldehydes is 1. The predicted octanol–water partition coefficient (Wildman–Crippen LogP) is 0.873. The Morgan fingerprint density at radius 2 is 1.96 bits per heavy atom. The third-order valence-electron chi connectivity index (χ3n) is 2.84. The van der Waals surface area contributed by atoms with E-state index in [1.165, 1.54) is 17.1 Å². The molecule has 23 heavy (non-hydrogen) atoms. The first-order valence-electron chi connectivity index (χ1n) is 6.88. The molecular formula is C15H18N6OS. The molecule has 0 aliphatic carbocycles. The van der Waals surface area contributed by atoms with Crippen molar-refractivity contribution in [2.45, 2.75) is 11.4 Å². The van der Waals surface area contributed by atoms with E-state index in [9.17, 15) is 4.79 Å². The summed E-state index contributed by atoms with van der Waals surface area (Å²) < 4.78 is 2.91. The van der Waals surface area contributed by atoms with Crippen LogP contribution in [0.1, 0.15) is 11.1 Å². The lowest BCUT2D eigenvalue weighted by atomic mass is 10.2. The Bertz CT molecular complexity index is 647. The lowest BCUT2D eigenvalue weighted by Gasteiger charge is -2.13. The summed E-state index contributed by atoms with van der Waals surface area (Å²) >= 11 is 1.38. The minimum Gasteiger partial charge on any atom is -0.382 e. The zero-order chi connectivity index (χ0) is 16.5. The molecule has 0 amide bonds. The van der Waals surface area contributed by atoms with Crippen LogP contribution in [0.2, 0.25) is 0 Å². The van der Waals surface area contributed by atoms with Gasteiger partial charge in [-0.25, -0.2) is 11.0 Å². The van der Waals surface area contributed by atoms with Crippen LogP contribution in [0.4, 0.5) is 0 Å². The molecule has 0 spiro atoms. The zero-order valence-electron chi connectivity index (χ0n) is 12.4. The Hall–Kier alpha value is -2.42. The van der Waals surface area contributed by atoms with Gasteiger partial charge in [-0.2, -0.15) is 0 Å². The number of nitrogens with two attached hydrogens (primary N) is 2. The number of benzene rings is 1. The average molecular weight is 330 g/mol. The number of hydrogen-bond donors (Lipinski definition) is 3. The predicted molar refractivity (Wildman–Crippen MR) is 91.1 cm³/mol. The smallest absolute Gasteiger partial charge is 0.152 e. The minimum absolute atomic E-state index is 0.299. The Labute approximate surface area is 138 Å². The van der Waals surface area contributed by atoms with Gasteiger partial charge in [0.25, 0.3) is 0 Å². The largest absolute Gasteiger partial charge is 0.382 e. The van der Waals surface area contributed by atoms with Crippen LogP contribution in [-0.2, 0) is 11.3 Å². The monoisotopic (exact) mass is 330 g/mol. The van der Waals surface area contributed by atoms with Crippen molar-refractivity contribution in [1.29, 1.82) is 0 Å². The highest BCUT2D eigenvalue weighted by Crippen LogP contribution is 2.15. The number of carbonyl (C=O) groups excluding carboxylic acids is 1. The summed E-state index contributed by atoms with van der Waals surface area (Å²) in [6.45, 7) is 0.736. The van der Waals surface area contributed by atoms with Crippen LogP contribution in [0.3, 0.4) is 0 Å². The molecule has 0 unspecified atom stereocenters. The maximum Gasteiger partial charge on any atom is 0.152 e. The van der Waals surface area contributed by atoms with Gasteiger partial charge in [-0.3, -0.25) is 9.71 Å². The Morgan fingerprint density at radius 1 is 1.26 bits per heavy atom. The highest BCUT2D eigenvalue weighted by atomic mass is 32.2. The fourth-order valence-electron chi connectivity index (χ4n) is 1.76. The van der Waals surface area contributed by atoms with Crippen LogP contribution in [0, 0.1) is 0 Å². The van der Waals surface area contributed by atoms with E-state index in [1.807, 2.05) is 36.4 Å². The third-order valence-corrected chi connectivity index (χ3v) is 3.66. The van der Waals surface area contributed by atoms with Gasteiger partial charge in [0.15, 0.2) is 5.84 Å². The van der Waals surface area contributed by atoms with Gasteiger partial charge in [0, 0.05) is 22.9 Å². The molecule has 0 radical (unpaired) electrons. The molecule has 7 nitrogen and oxygen atoms in total.